The monoisotopic (exact) mass is 969 g/mol. The fraction of sp³-hybridized carbons (Fsp3) is 0.182. The van der Waals surface area contributed by atoms with Gasteiger partial charge >= 0.3 is 150 Å². The third kappa shape index (κ3) is 15.3. The minimum atomic E-state index is -2.08. The number of H-pyrrole nitrogens is 1. The number of alkyl halides is 1. The maximum Gasteiger partial charge on any atom is 1.00 e. The fourth-order valence-electron chi connectivity index (χ4n) is 4.05. The molecule has 16 heteroatoms. The molecule has 0 spiro atoms. The van der Waals surface area contributed by atoms with Crippen molar-refractivity contribution in [1.29, 1.82) is 0 Å². The number of ether oxygens (including phenoxy) is 2. The van der Waals surface area contributed by atoms with Crippen molar-refractivity contribution in [3.63, 3.8) is 0 Å². The fourth-order valence-corrected chi connectivity index (χ4v) is 4.42. The smallest absolute Gasteiger partial charge is 0.565 e. The van der Waals surface area contributed by atoms with Crippen LogP contribution < -0.4 is 143 Å². The molecule has 0 saturated heterocycles. The Morgan fingerprint density at radius 1 is 0.776 bits per heavy atom. The summed E-state index contributed by atoms with van der Waals surface area (Å²) in [6.07, 6.45) is 4.98. The van der Waals surface area contributed by atoms with Crippen molar-refractivity contribution in [2.75, 3.05) is 13.2 Å². The van der Waals surface area contributed by atoms with E-state index in [1.165, 1.54) is 5.56 Å². The summed E-state index contributed by atoms with van der Waals surface area (Å²) < 4.78 is 11.8. The molecule has 0 aliphatic rings. The van der Waals surface area contributed by atoms with E-state index in [1.807, 2.05) is 77.5 Å². The summed E-state index contributed by atoms with van der Waals surface area (Å²) in [4.78, 5) is 39.8. The molecule has 0 aliphatic carbocycles. The van der Waals surface area contributed by atoms with Gasteiger partial charge in [0.1, 0.15) is 0 Å². The second kappa shape index (κ2) is 25.4. The van der Waals surface area contributed by atoms with Crippen molar-refractivity contribution in [3.8, 4) is 0 Å². The molecule has 4 aromatic heterocycles. The maximum absolute atomic E-state index is 12.0. The topological polar surface area (TPSA) is 185 Å². The van der Waals surface area contributed by atoms with Gasteiger partial charge < -0.3 is 24.5 Å². The number of nitrogens with zero attached hydrogens (tertiary/aromatic N) is 5. The van der Waals surface area contributed by atoms with E-state index in [2.05, 4.69) is 41.2 Å². The van der Waals surface area contributed by atoms with Crippen LogP contribution in [0.25, 0.3) is 21.8 Å². The molecule has 0 aliphatic heterocycles. The minimum Gasteiger partial charge on any atom is -0.565 e. The van der Waals surface area contributed by atoms with Gasteiger partial charge in [-0.3, -0.25) is 19.7 Å². The first-order valence-electron chi connectivity index (χ1n) is 14.3. The summed E-state index contributed by atoms with van der Waals surface area (Å²) in [6, 6.07) is 22.9. The van der Waals surface area contributed by atoms with Crippen LogP contribution in [0.5, 0.6) is 0 Å². The number of rotatable bonds is 7. The van der Waals surface area contributed by atoms with Crippen LogP contribution in [0.15, 0.2) is 97.6 Å². The summed E-state index contributed by atoms with van der Waals surface area (Å²) >= 11 is 3.33. The van der Waals surface area contributed by atoms with Crippen molar-refractivity contribution >= 4 is 55.8 Å². The van der Waals surface area contributed by atoms with Crippen LogP contribution in [-0.4, -0.2) is 66.4 Å². The Kier molecular flexibility index (Phi) is 23.6. The quantitative estimate of drug-likeness (QED) is 0.152. The third-order valence-electron chi connectivity index (χ3n) is 6.05. The van der Waals surface area contributed by atoms with Gasteiger partial charge in [-0.2, -0.15) is 10.2 Å². The Morgan fingerprint density at radius 2 is 1.27 bits per heavy atom. The summed E-state index contributed by atoms with van der Waals surface area (Å²) in [7, 11) is 0. The first-order chi connectivity index (χ1) is 22.8. The molecule has 0 radical (unpaired) electrons. The van der Waals surface area contributed by atoms with Gasteiger partial charge in [0.15, 0.2) is 11.4 Å². The SMILES string of the molecule is BrCc1ccncc1.CCOC(=O)c1n[nH]c2ccccc12.CCOC(=O)c1nn(Cc2ccncc2)c2ccccc12.O=C([O-])O.[Cs+].[Cs+]. The van der Waals surface area contributed by atoms with Crippen LogP contribution in [0.1, 0.15) is 46.0 Å². The Morgan fingerprint density at radius 3 is 1.80 bits per heavy atom. The van der Waals surface area contributed by atoms with Crippen molar-refractivity contribution in [2.24, 2.45) is 0 Å². The normalized spacial score (nSPS) is 9.53. The molecule has 2 aromatic carbocycles. The third-order valence-corrected chi connectivity index (χ3v) is 6.70. The van der Waals surface area contributed by atoms with E-state index in [9.17, 15) is 9.59 Å². The van der Waals surface area contributed by atoms with Crippen LogP contribution in [0, 0.1) is 0 Å². The number of carbonyl (C=O) groups excluding carboxylic acids is 2. The molecule has 4 heterocycles. The molecular weight excluding hydrogens is 938 g/mol. The van der Waals surface area contributed by atoms with Gasteiger partial charge in [-0.25, -0.2) is 9.59 Å². The van der Waals surface area contributed by atoms with E-state index in [-0.39, 0.29) is 150 Å². The number of hydrogen-bond donors (Lipinski definition) is 2. The number of benzene rings is 2. The number of para-hydroxylation sites is 2. The zero-order valence-electron chi connectivity index (χ0n) is 27.6. The van der Waals surface area contributed by atoms with Crippen molar-refractivity contribution in [1.82, 2.24) is 29.9 Å². The number of aromatic nitrogens is 6. The first kappa shape index (κ1) is 45.5. The van der Waals surface area contributed by atoms with Crippen LogP contribution in [0.2, 0.25) is 0 Å². The summed E-state index contributed by atoms with van der Waals surface area (Å²) in [5.41, 5.74) is 4.81. The molecule has 0 fully saturated rings. The minimum absolute atomic E-state index is 0. The average molecular weight is 970 g/mol. The molecule has 0 unspecified atom stereocenters. The molecule has 0 amide bonds. The van der Waals surface area contributed by atoms with Gasteiger partial charge in [-0.05, 0) is 61.4 Å². The van der Waals surface area contributed by atoms with E-state index < -0.39 is 6.16 Å². The number of aromatic amines is 1. The molecule has 6 aromatic rings. The van der Waals surface area contributed by atoms with Gasteiger partial charge in [0.05, 0.1) is 30.8 Å². The van der Waals surface area contributed by atoms with E-state index in [0.29, 0.717) is 31.1 Å². The Balaban J connectivity index is 0.000000370. The predicted molar refractivity (Wildman–Crippen MR) is 176 cm³/mol. The van der Waals surface area contributed by atoms with E-state index >= 15 is 0 Å². The number of esters is 2. The molecular formula is C33H32BrCs2N6O7+. The molecule has 13 nitrogen and oxygen atoms in total. The molecule has 0 atom stereocenters. The molecule has 6 rings (SSSR count). The second-order valence-electron chi connectivity index (χ2n) is 9.19. The Bertz CT molecular complexity index is 1870. The Hall–Kier alpha value is -1.53. The molecule has 244 valence electrons. The molecule has 0 saturated carbocycles. The number of carboxylic acid groups (broad SMARTS) is 2. The predicted octanol–water partition coefficient (Wildman–Crippen LogP) is -0.732. The van der Waals surface area contributed by atoms with E-state index in [0.717, 1.165) is 32.7 Å². The summed E-state index contributed by atoms with van der Waals surface area (Å²) in [5.74, 6) is -0.771. The number of carbonyl (C=O) groups is 3. The summed E-state index contributed by atoms with van der Waals surface area (Å²) in [5, 5.41) is 28.9. The standard InChI is InChI=1S/C16H15N3O2.C10H10N2O2.C6H6BrN.CH2O3.2Cs/c1-2-21-16(20)15-13-5-3-4-6-14(13)19(18-15)11-12-7-9-17-10-8-12;1-2-14-10(13)9-7-5-3-4-6-8(7)11-12-9;7-5-6-1-3-8-4-2-6;2-1(3)4;;/h3-10H,2,11H2,1H3;3-6H,2H2,1H3,(H,11,12);1-4H,5H2;(H2,2,3,4);;/q;;;;2*+1/p-1. The number of nitrogens with one attached hydrogen (secondary N) is 1. The van der Waals surface area contributed by atoms with Crippen LogP contribution in [-0.2, 0) is 21.3 Å². The number of pyridine rings is 2. The number of hydrogen-bond acceptors (Lipinski definition) is 10. The van der Waals surface area contributed by atoms with Gasteiger partial charge in [-0.15, -0.1) is 0 Å². The van der Waals surface area contributed by atoms with Gasteiger partial charge in [0.25, 0.3) is 0 Å². The Labute approximate surface area is 408 Å². The van der Waals surface area contributed by atoms with Crippen LogP contribution in [0.4, 0.5) is 4.79 Å². The van der Waals surface area contributed by atoms with Crippen molar-refractivity contribution < 1.29 is 172 Å². The van der Waals surface area contributed by atoms with E-state index in [1.54, 1.807) is 38.6 Å². The molecule has 0 bridgehead atoms. The van der Waals surface area contributed by atoms with Gasteiger partial charge in [0.2, 0.25) is 6.16 Å². The zero-order chi connectivity index (χ0) is 34.0. The number of fused-ring (bicyclic) bond motifs is 2. The van der Waals surface area contributed by atoms with E-state index in [4.69, 9.17) is 24.5 Å². The van der Waals surface area contributed by atoms with Crippen molar-refractivity contribution in [3.05, 3.63) is 120 Å². The molecule has 2 N–H and O–H groups in total. The zero-order valence-corrected chi connectivity index (χ0v) is 41.7. The number of halogens is 1. The largest absolute Gasteiger partial charge is 1.00 e. The van der Waals surface area contributed by atoms with Gasteiger partial charge in [0, 0.05) is 40.9 Å². The average Bonchev–Trinajstić information content (AvgIpc) is 3.68. The first-order valence-corrected chi connectivity index (χ1v) is 15.4. The van der Waals surface area contributed by atoms with Gasteiger partial charge in [-0.1, -0.05) is 52.3 Å². The second-order valence-corrected chi connectivity index (χ2v) is 9.75. The van der Waals surface area contributed by atoms with Crippen LogP contribution in [0.3, 0.4) is 0 Å². The maximum atomic E-state index is 12.0. The van der Waals surface area contributed by atoms with Crippen LogP contribution >= 0.6 is 15.9 Å². The molecule has 49 heavy (non-hydrogen) atoms. The van der Waals surface area contributed by atoms with Crippen molar-refractivity contribution in [2.45, 2.75) is 25.7 Å². The summed E-state index contributed by atoms with van der Waals surface area (Å²) in [6.45, 7) is 4.84.